The number of nitrogens with zero attached hydrogens (tertiary/aromatic N) is 2. The van der Waals surface area contributed by atoms with Crippen molar-refractivity contribution in [1.82, 2.24) is 4.98 Å². The lowest BCUT2D eigenvalue weighted by atomic mass is 10.2. The van der Waals surface area contributed by atoms with Crippen LogP contribution in [0.4, 0.5) is 11.5 Å². The number of hydrogen-bond acceptors (Lipinski definition) is 4. The highest BCUT2D eigenvalue weighted by Crippen LogP contribution is 2.15. The molecule has 1 aromatic heterocycles. The van der Waals surface area contributed by atoms with E-state index in [0.717, 1.165) is 9.26 Å². The number of amides is 1. The first-order valence-electron chi connectivity index (χ1n) is 6.32. The number of aryl methyl sites for hydroxylation is 1. The number of benzene rings is 1. The van der Waals surface area contributed by atoms with Crippen LogP contribution in [-0.2, 0) is 4.79 Å². The maximum atomic E-state index is 11.8. The number of halogens is 1. The number of carbonyl (C=O) groups excluding carboxylic acids is 1. The molecule has 0 saturated heterocycles. The summed E-state index contributed by atoms with van der Waals surface area (Å²) in [5.74, 6) is 0.117. The number of pyridine rings is 1. The van der Waals surface area contributed by atoms with E-state index in [4.69, 9.17) is 0 Å². The van der Waals surface area contributed by atoms with Crippen molar-refractivity contribution in [3.8, 4) is 0 Å². The second-order valence-corrected chi connectivity index (χ2v) is 5.60. The van der Waals surface area contributed by atoms with E-state index in [0.29, 0.717) is 11.4 Å². The number of anilines is 1. The molecule has 1 heterocycles. The summed E-state index contributed by atoms with van der Waals surface area (Å²) in [5, 5.41) is 13.3. The van der Waals surface area contributed by atoms with Crippen LogP contribution in [0.25, 0.3) is 6.08 Å². The fourth-order valence-corrected chi connectivity index (χ4v) is 2.00. The predicted molar refractivity (Wildman–Crippen MR) is 92.5 cm³/mol. The molecule has 0 atom stereocenters. The van der Waals surface area contributed by atoms with Crippen LogP contribution in [0.1, 0.15) is 11.3 Å². The molecule has 0 radical (unpaired) electrons. The number of rotatable bonds is 4. The monoisotopic (exact) mass is 409 g/mol. The van der Waals surface area contributed by atoms with Crippen molar-refractivity contribution in [3.05, 3.63) is 67.4 Å². The fourth-order valence-electron chi connectivity index (χ4n) is 1.70. The predicted octanol–water partition coefficient (Wildman–Crippen LogP) is 3.55. The van der Waals surface area contributed by atoms with E-state index in [-0.39, 0.29) is 11.6 Å². The number of nitro groups is 1. The molecule has 1 aromatic carbocycles. The lowest BCUT2D eigenvalue weighted by Crippen LogP contribution is -2.09. The largest absolute Gasteiger partial charge is 0.307 e. The normalized spacial score (nSPS) is 10.6. The van der Waals surface area contributed by atoms with Gasteiger partial charge < -0.3 is 5.32 Å². The third kappa shape index (κ3) is 4.35. The topological polar surface area (TPSA) is 85.1 Å². The number of nitro benzene ring substituents is 1. The van der Waals surface area contributed by atoms with Crippen molar-refractivity contribution in [1.29, 1.82) is 0 Å². The van der Waals surface area contributed by atoms with Crippen molar-refractivity contribution in [2.24, 2.45) is 0 Å². The molecule has 112 valence electrons. The quantitative estimate of drug-likeness (QED) is 0.362. The molecule has 2 aromatic rings. The van der Waals surface area contributed by atoms with E-state index >= 15 is 0 Å². The SMILES string of the molecule is Cc1nc(NC(=O)/C=C/c2cccc([N+](=O)[O-])c2)ccc1I. The van der Waals surface area contributed by atoms with Gasteiger partial charge in [-0.25, -0.2) is 4.98 Å². The Kier molecular flexibility index (Phi) is 5.21. The Bertz CT molecular complexity index is 759. The van der Waals surface area contributed by atoms with Gasteiger partial charge in [0.05, 0.1) is 10.6 Å². The highest BCUT2D eigenvalue weighted by atomic mass is 127. The second kappa shape index (κ2) is 7.12. The van der Waals surface area contributed by atoms with Gasteiger partial charge in [0.15, 0.2) is 0 Å². The molecule has 22 heavy (non-hydrogen) atoms. The smallest absolute Gasteiger partial charge is 0.270 e. The number of nitrogens with one attached hydrogen (secondary N) is 1. The average Bonchev–Trinajstić information content (AvgIpc) is 2.49. The molecular weight excluding hydrogens is 397 g/mol. The Morgan fingerprint density at radius 2 is 2.14 bits per heavy atom. The second-order valence-electron chi connectivity index (χ2n) is 4.44. The van der Waals surface area contributed by atoms with E-state index in [1.165, 1.54) is 24.3 Å². The van der Waals surface area contributed by atoms with Gasteiger partial charge in [-0.3, -0.25) is 14.9 Å². The van der Waals surface area contributed by atoms with Crippen molar-refractivity contribution in [2.45, 2.75) is 6.92 Å². The first-order chi connectivity index (χ1) is 10.5. The molecule has 0 fully saturated rings. The van der Waals surface area contributed by atoms with E-state index in [1.807, 2.05) is 13.0 Å². The number of hydrogen-bond donors (Lipinski definition) is 1. The summed E-state index contributed by atoms with van der Waals surface area (Å²) in [6.07, 6.45) is 2.83. The maximum absolute atomic E-state index is 11.8. The molecule has 0 aliphatic carbocycles. The molecule has 0 aliphatic rings. The van der Waals surface area contributed by atoms with Gasteiger partial charge in [-0.2, -0.15) is 0 Å². The average molecular weight is 409 g/mol. The van der Waals surface area contributed by atoms with Crippen LogP contribution in [0.5, 0.6) is 0 Å². The summed E-state index contributed by atoms with van der Waals surface area (Å²) in [4.78, 5) is 26.3. The fraction of sp³-hybridized carbons (Fsp3) is 0.0667. The molecule has 0 bridgehead atoms. The van der Waals surface area contributed by atoms with Gasteiger partial charge in [-0.05, 0) is 53.3 Å². The van der Waals surface area contributed by atoms with Gasteiger partial charge in [0.1, 0.15) is 5.82 Å². The Balaban J connectivity index is 2.06. The molecule has 0 saturated carbocycles. The van der Waals surface area contributed by atoms with Crippen molar-refractivity contribution >= 4 is 46.1 Å². The van der Waals surface area contributed by atoms with Gasteiger partial charge >= 0.3 is 0 Å². The Hall–Kier alpha value is -2.29. The molecule has 6 nitrogen and oxygen atoms in total. The first-order valence-corrected chi connectivity index (χ1v) is 7.40. The summed E-state index contributed by atoms with van der Waals surface area (Å²) >= 11 is 2.16. The summed E-state index contributed by atoms with van der Waals surface area (Å²) in [7, 11) is 0. The zero-order valence-electron chi connectivity index (χ0n) is 11.6. The summed E-state index contributed by atoms with van der Waals surface area (Å²) in [6, 6.07) is 9.63. The molecule has 1 N–H and O–H groups in total. The van der Waals surface area contributed by atoms with Crippen LogP contribution in [0.2, 0.25) is 0 Å². The molecule has 0 aliphatic heterocycles. The van der Waals surface area contributed by atoms with E-state index in [9.17, 15) is 14.9 Å². The highest BCUT2D eigenvalue weighted by molar-refractivity contribution is 14.1. The van der Waals surface area contributed by atoms with Crippen molar-refractivity contribution in [3.63, 3.8) is 0 Å². The van der Waals surface area contributed by atoms with Crippen molar-refractivity contribution in [2.75, 3.05) is 5.32 Å². The minimum atomic E-state index is -0.476. The molecule has 0 unspecified atom stereocenters. The van der Waals surface area contributed by atoms with Crippen LogP contribution >= 0.6 is 22.6 Å². The minimum Gasteiger partial charge on any atom is -0.307 e. The lowest BCUT2D eigenvalue weighted by Gasteiger charge is -2.03. The summed E-state index contributed by atoms with van der Waals surface area (Å²) in [5.41, 5.74) is 1.40. The van der Waals surface area contributed by atoms with Crippen LogP contribution in [-0.4, -0.2) is 15.8 Å². The molecule has 2 rings (SSSR count). The van der Waals surface area contributed by atoms with E-state index in [2.05, 4.69) is 32.9 Å². The van der Waals surface area contributed by atoms with Crippen molar-refractivity contribution < 1.29 is 9.72 Å². The van der Waals surface area contributed by atoms with Gasteiger partial charge in [0, 0.05) is 21.8 Å². The third-order valence-electron chi connectivity index (χ3n) is 2.78. The van der Waals surface area contributed by atoms with Gasteiger partial charge in [-0.1, -0.05) is 12.1 Å². The van der Waals surface area contributed by atoms with Gasteiger partial charge in [-0.15, -0.1) is 0 Å². The zero-order chi connectivity index (χ0) is 16.1. The molecule has 0 spiro atoms. The first kappa shape index (κ1) is 16.1. The maximum Gasteiger partial charge on any atom is 0.270 e. The van der Waals surface area contributed by atoms with Gasteiger partial charge in [0.2, 0.25) is 5.91 Å². The molecular formula is C15H12IN3O3. The van der Waals surface area contributed by atoms with Gasteiger partial charge in [0.25, 0.3) is 5.69 Å². The lowest BCUT2D eigenvalue weighted by molar-refractivity contribution is -0.384. The number of aromatic nitrogens is 1. The third-order valence-corrected chi connectivity index (χ3v) is 3.92. The Morgan fingerprint density at radius 3 is 2.82 bits per heavy atom. The summed E-state index contributed by atoms with van der Waals surface area (Å²) < 4.78 is 1.02. The highest BCUT2D eigenvalue weighted by Gasteiger charge is 2.05. The molecule has 1 amide bonds. The summed E-state index contributed by atoms with van der Waals surface area (Å²) in [6.45, 7) is 1.86. The standard InChI is InChI=1S/C15H12IN3O3/c1-10-13(16)6-7-14(17-10)18-15(20)8-5-11-3-2-4-12(9-11)19(21)22/h2-9H,1H3,(H,17,18,20)/b8-5+. The number of carbonyl (C=O) groups is 1. The van der Waals surface area contributed by atoms with E-state index < -0.39 is 4.92 Å². The Morgan fingerprint density at radius 1 is 1.36 bits per heavy atom. The van der Waals surface area contributed by atoms with Crippen LogP contribution in [0, 0.1) is 20.6 Å². The minimum absolute atomic E-state index is 0.0162. The van der Waals surface area contributed by atoms with Crippen LogP contribution in [0.15, 0.2) is 42.5 Å². The number of non-ortho nitro benzene ring substituents is 1. The Labute approximate surface area is 140 Å². The molecule has 7 heteroatoms. The zero-order valence-corrected chi connectivity index (χ0v) is 13.8. The van der Waals surface area contributed by atoms with E-state index in [1.54, 1.807) is 18.2 Å². The van der Waals surface area contributed by atoms with Crippen LogP contribution in [0.3, 0.4) is 0 Å². The van der Waals surface area contributed by atoms with Crippen LogP contribution < -0.4 is 5.32 Å².